The zero-order valence-electron chi connectivity index (χ0n) is 13.6. The summed E-state index contributed by atoms with van der Waals surface area (Å²) in [6.07, 6.45) is 2.57. The monoisotopic (exact) mass is 328 g/mol. The maximum atomic E-state index is 14.3. The summed E-state index contributed by atoms with van der Waals surface area (Å²) in [6.45, 7) is 4.79. The largest absolute Gasteiger partial charge is 0.444 e. The molecule has 0 spiro atoms. The Kier molecular flexibility index (Phi) is 5.01. The van der Waals surface area contributed by atoms with Gasteiger partial charge in [0.15, 0.2) is 0 Å². The summed E-state index contributed by atoms with van der Waals surface area (Å²) in [7, 11) is 0. The van der Waals surface area contributed by atoms with Crippen molar-refractivity contribution in [2.45, 2.75) is 38.7 Å². The number of carbonyl (C=O) groups excluding carboxylic acids is 1. The average Bonchev–Trinajstić information content (AvgIpc) is 2.44. The van der Waals surface area contributed by atoms with E-state index in [1.165, 1.54) is 0 Å². The molecule has 1 aromatic heterocycles. The maximum absolute atomic E-state index is 14.3. The predicted octanol–water partition coefficient (Wildman–Crippen LogP) is 2.78. The van der Waals surface area contributed by atoms with E-state index in [-0.39, 0.29) is 19.5 Å². The van der Waals surface area contributed by atoms with Crippen LogP contribution in [0, 0.1) is 5.92 Å². The van der Waals surface area contributed by atoms with Crippen molar-refractivity contribution >= 4 is 12.0 Å². The van der Waals surface area contributed by atoms with Crippen molar-refractivity contribution in [1.82, 2.24) is 14.9 Å². The van der Waals surface area contributed by atoms with Crippen LogP contribution in [0.4, 0.5) is 19.5 Å². The quantitative estimate of drug-likeness (QED) is 0.924. The fourth-order valence-corrected chi connectivity index (χ4v) is 2.32. The van der Waals surface area contributed by atoms with Crippen molar-refractivity contribution in [3.63, 3.8) is 0 Å². The summed E-state index contributed by atoms with van der Waals surface area (Å²) in [5, 5.41) is 2.82. The summed E-state index contributed by atoms with van der Waals surface area (Å²) in [5.74, 6) is -3.56. The topological polar surface area (TPSA) is 67.3 Å². The van der Waals surface area contributed by atoms with Crippen LogP contribution in [0.3, 0.4) is 0 Å². The van der Waals surface area contributed by atoms with Gasteiger partial charge in [-0.1, -0.05) is 0 Å². The standard InChI is InChI=1S/C15H22F2N4O2/c1-14(2,3)23-13(22)21-8-5-11(15(16,17)10-21)9-20-12-18-6-4-7-19-12/h4,6-7,11H,5,8-10H2,1-3H3,(H,18,19,20). The summed E-state index contributed by atoms with van der Waals surface area (Å²) in [6, 6.07) is 1.65. The molecule has 1 atom stereocenters. The van der Waals surface area contributed by atoms with Crippen molar-refractivity contribution in [1.29, 1.82) is 0 Å². The number of aromatic nitrogens is 2. The Morgan fingerprint density at radius 1 is 1.43 bits per heavy atom. The van der Waals surface area contributed by atoms with Crippen molar-refractivity contribution in [2.75, 3.05) is 25.0 Å². The molecular weight excluding hydrogens is 306 g/mol. The van der Waals surface area contributed by atoms with Crippen molar-refractivity contribution in [3.8, 4) is 0 Å². The first-order chi connectivity index (χ1) is 10.7. The number of halogens is 2. The second kappa shape index (κ2) is 6.64. The number of hydrogen-bond donors (Lipinski definition) is 1. The Balaban J connectivity index is 1.91. The Hall–Kier alpha value is -1.99. The molecule has 2 heterocycles. The second-order valence-electron chi connectivity index (χ2n) is 6.60. The van der Waals surface area contributed by atoms with Crippen LogP contribution in [0.5, 0.6) is 0 Å². The minimum atomic E-state index is -2.99. The maximum Gasteiger partial charge on any atom is 0.410 e. The van der Waals surface area contributed by atoms with Crippen LogP contribution in [-0.2, 0) is 4.74 Å². The number of anilines is 1. The van der Waals surface area contributed by atoms with E-state index < -0.39 is 30.1 Å². The van der Waals surface area contributed by atoms with Crippen LogP contribution in [0.1, 0.15) is 27.2 Å². The molecule has 1 fully saturated rings. The predicted molar refractivity (Wildman–Crippen MR) is 81.4 cm³/mol. The molecule has 0 aromatic carbocycles. The number of carbonyl (C=O) groups is 1. The molecule has 8 heteroatoms. The number of piperidine rings is 1. The van der Waals surface area contributed by atoms with Crippen molar-refractivity contribution in [2.24, 2.45) is 5.92 Å². The third-order valence-electron chi connectivity index (χ3n) is 3.47. The lowest BCUT2D eigenvalue weighted by Gasteiger charge is -2.38. The van der Waals surface area contributed by atoms with Gasteiger partial charge < -0.3 is 15.0 Å². The first-order valence-electron chi connectivity index (χ1n) is 7.54. The Bertz CT molecular complexity index is 534. The molecule has 1 amide bonds. The van der Waals surface area contributed by atoms with Gasteiger partial charge in [-0.3, -0.25) is 0 Å². The van der Waals surface area contributed by atoms with Crippen LogP contribution < -0.4 is 5.32 Å². The lowest BCUT2D eigenvalue weighted by atomic mass is 9.93. The first-order valence-corrected chi connectivity index (χ1v) is 7.54. The average molecular weight is 328 g/mol. The van der Waals surface area contributed by atoms with E-state index >= 15 is 0 Å². The number of hydrogen-bond acceptors (Lipinski definition) is 5. The molecule has 1 unspecified atom stereocenters. The second-order valence-corrected chi connectivity index (χ2v) is 6.60. The molecule has 1 N–H and O–H groups in total. The van der Waals surface area contributed by atoms with E-state index in [1.54, 1.807) is 39.2 Å². The van der Waals surface area contributed by atoms with Crippen LogP contribution in [0.2, 0.25) is 0 Å². The normalized spacial score (nSPS) is 20.9. The van der Waals surface area contributed by atoms with E-state index in [1.807, 2.05) is 0 Å². The summed E-state index contributed by atoms with van der Waals surface area (Å²) >= 11 is 0. The van der Waals surface area contributed by atoms with E-state index in [0.29, 0.717) is 5.95 Å². The molecule has 1 aromatic rings. The van der Waals surface area contributed by atoms with Gasteiger partial charge in [-0.2, -0.15) is 0 Å². The van der Waals surface area contributed by atoms with Gasteiger partial charge in [-0.05, 0) is 33.3 Å². The van der Waals surface area contributed by atoms with Gasteiger partial charge in [0.2, 0.25) is 5.95 Å². The van der Waals surface area contributed by atoms with Gasteiger partial charge in [0, 0.05) is 31.4 Å². The van der Waals surface area contributed by atoms with E-state index in [4.69, 9.17) is 4.74 Å². The minimum Gasteiger partial charge on any atom is -0.444 e. The molecular formula is C15H22F2N4O2. The Labute approximate surface area is 134 Å². The molecule has 1 saturated heterocycles. The molecule has 1 aliphatic rings. The first kappa shape index (κ1) is 17.4. The fraction of sp³-hybridized carbons (Fsp3) is 0.667. The van der Waals surface area contributed by atoms with E-state index in [9.17, 15) is 13.6 Å². The smallest absolute Gasteiger partial charge is 0.410 e. The summed E-state index contributed by atoms with van der Waals surface area (Å²) in [5.41, 5.74) is -0.699. The number of likely N-dealkylation sites (tertiary alicyclic amines) is 1. The van der Waals surface area contributed by atoms with Crippen LogP contribution in [0.15, 0.2) is 18.5 Å². The third kappa shape index (κ3) is 5.01. The van der Waals surface area contributed by atoms with Gasteiger partial charge in [0.05, 0.1) is 6.54 Å². The molecule has 23 heavy (non-hydrogen) atoms. The van der Waals surface area contributed by atoms with Crippen LogP contribution in [-0.4, -0.2) is 52.1 Å². The zero-order valence-corrected chi connectivity index (χ0v) is 13.6. The number of nitrogens with one attached hydrogen (secondary N) is 1. The highest BCUT2D eigenvalue weighted by Crippen LogP contribution is 2.33. The highest BCUT2D eigenvalue weighted by molar-refractivity contribution is 5.68. The van der Waals surface area contributed by atoms with Crippen LogP contribution >= 0.6 is 0 Å². The molecule has 1 aliphatic heterocycles. The molecule has 0 radical (unpaired) electrons. The minimum absolute atomic E-state index is 0.0547. The number of rotatable bonds is 3. The van der Waals surface area contributed by atoms with E-state index in [2.05, 4.69) is 15.3 Å². The van der Waals surface area contributed by atoms with Crippen LogP contribution in [0.25, 0.3) is 0 Å². The van der Waals surface area contributed by atoms with Crippen molar-refractivity contribution < 1.29 is 18.3 Å². The summed E-state index contributed by atoms with van der Waals surface area (Å²) in [4.78, 5) is 20.9. The summed E-state index contributed by atoms with van der Waals surface area (Å²) < 4.78 is 33.7. The number of ether oxygens (including phenoxy) is 1. The van der Waals surface area contributed by atoms with Crippen molar-refractivity contribution in [3.05, 3.63) is 18.5 Å². The lowest BCUT2D eigenvalue weighted by Crippen LogP contribution is -2.53. The highest BCUT2D eigenvalue weighted by atomic mass is 19.3. The molecule has 6 nitrogen and oxygen atoms in total. The molecule has 128 valence electrons. The highest BCUT2D eigenvalue weighted by Gasteiger charge is 2.46. The lowest BCUT2D eigenvalue weighted by molar-refractivity contribution is -0.106. The molecule has 2 rings (SSSR count). The Morgan fingerprint density at radius 3 is 2.65 bits per heavy atom. The molecule has 0 bridgehead atoms. The third-order valence-corrected chi connectivity index (χ3v) is 3.47. The van der Waals surface area contributed by atoms with Gasteiger partial charge in [-0.25, -0.2) is 23.5 Å². The number of amides is 1. The van der Waals surface area contributed by atoms with Gasteiger partial charge in [0.1, 0.15) is 5.60 Å². The van der Waals surface area contributed by atoms with Gasteiger partial charge >= 0.3 is 6.09 Å². The fourth-order valence-electron chi connectivity index (χ4n) is 2.32. The number of alkyl halides is 2. The molecule has 0 saturated carbocycles. The Morgan fingerprint density at radius 2 is 2.09 bits per heavy atom. The SMILES string of the molecule is CC(C)(C)OC(=O)N1CCC(CNc2ncccn2)C(F)(F)C1. The zero-order chi connectivity index (χ0) is 17.1. The number of nitrogens with zero attached hydrogens (tertiary/aromatic N) is 3. The van der Waals surface area contributed by atoms with Gasteiger partial charge in [0.25, 0.3) is 5.92 Å². The molecule has 0 aliphatic carbocycles. The van der Waals surface area contributed by atoms with E-state index in [0.717, 1.165) is 4.90 Å². The van der Waals surface area contributed by atoms with Gasteiger partial charge in [-0.15, -0.1) is 0 Å².